The number of carboxylic acids is 1. The molecule has 0 fully saturated rings. The normalized spacial score (nSPS) is 11.0. The Morgan fingerprint density at radius 3 is 2.74 bits per heavy atom. The monoisotopic (exact) mass is 307 g/mol. The van der Waals surface area contributed by atoms with Crippen molar-refractivity contribution >= 4 is 12.0 Å². The lowest BCUT2D eigenvalue weighted by Gasteiger charge is -2.01. The number of oxazole rings is 1. The van der Waals surface area contributed by atoms with E-state index >= 15 is 0 Å². The zero-order valence-electron chi connectivity index (χ0n) is 12.1. The highest BCUT2D eigenvalue weighted by Gasteiger charge is 2.09. The third-order valence-electron chi connectivity index (χ3n) is 3.13. The summed E-state index contributed by atoms with van der Waals surface area (Å²) in [5.41, 5.74) is 1.71. The van der Waals surface area contributed by atoms with Crippen LogP contribution in [0.4, 0.5) is 0 Å². The second-order valence-electron chi connectivity index (χ2n) is 4.69. The zero-order chi connectivity index (χ0) is 16.2. The molecule has 0 radical (unpaired) electrons. The van der Waals surface area contributed by atoms with Gasteiger partial charge in [0, 0.05) is 6.20 Å². The van der Waals surface area contributed by atoms with Gasteiger partial charge in [-0.15, -0.1) is 0 Å². The molecule has 0 saturated heterocycles. The summed E-state index contributed by atoms with van der Waals surface area (Å²) in [4.78, 5) is 15.1. The Bertz CT molecular complexity index is 873. The zero-order valence-corrected chi connectivity index (χ0v) is 12.1. The fourth-order valence-electron chi connectivity index (χ4n) is 1.99. The lowest BCUT2D eigenvalue weighted by atomic mass is 10.2. The number of carbonyl (C=O) groups is 1. The molecule has 3 aromatic rings. The number of hydrogen-bond donors (Lipinski definition) is 1. The molecule has 1 N–H and O–H groups in total. The molecule has 0 amide bonds. The standard InChI is InChI=1S/C17H13N3O3/c1-2-3-4-15-10-18-16(23-15)13-9-19-20(11-13)14-7-5-12(6-8-14)17(21)22/h2-11H,1H2,(H,21,22)/b4-3-. The molecule has 0 bridgehead atoms. The van der Waals surface area contributed by atoms with E-state index in [0.717, 1.165) is 11.3 Å². The van der Waals surface area contributed by atoms with Gasteiger partial charge in [-0.05, 0) is 30.3 Å². The van der Waals surface area contributed by atoms with E-state index in [-0.39, 0.29) is 5.56 Å². The van der Waals surface area contributed by atoms with Gasteiger partial charge in [0.05, 0.1) is 29.2 Å². The van der Waals surface area contributed by atoms with Crippen molar-refractivity contribution in [1.29, 1.82) is 0 Å². The molecule has 0 aliphatic carbocycles. The maximum absolute atomic E-state index is 10.9. The molecule has 114 valence electrons. The largest absolute Gasteiger partial charge is 0.478 e. The minimum absolute atomic E-state index is 0.229. The first kappa shape index (κ1) is 14.5. The molecular formula is C17H13N3O3. The third kappa shape index (κ3) is 3.11. The van der Waals surface area contributed by atoms with E-state index in [1.807, 2.05) is 0 Å². The number of allylic oxidation sites excluding steroid dienone is 2. The minimum Gasteiger partial charge on any atom is -0.478 e. The fourth-order valence-corrected chi connectivity index (χ4v) is 1.99. The number of carboxylic acid groups (broad SMARTS) is 1. The van der Waals surface area contributed by atoms with Crippen molar-refractivity contribution in [2.24, 2.45) is 0 Å². The number of rotatable bonds is 5. The molecule has 6 nitrogen and oxygen atoms in total. The van der Waals surface area contributed by atoms with Gasteiger partial charge < -0.3 is 9.52 Å². The second-order valence-corrected chi connectivity index (χ2v) is 4.69. The molecule has 3 rings (SSSR count). The van der Waals surface area contributed by atoms with E-state index in [9.17, 15) is 4.79 Å². The second kappa shape index (κ2) is 6.15. The van der Waals surface area contributed by atoms with Crippen molar-refractivity contribution in [3.05, 3.63) is 72.9 Å². The molecular weight excluding hydrogens is 294 g/mol. The van der Waals surface area contributed by atoms with Crippen LogP contribution in [-0.2, 0) is 0 Å². The summed E-state index contributed by atoms with van der Waals surface area (Å²) < 4.78 is 7.22. The molecule has 0 atom stereocenters. The highest BCUT2D eigenvalue weighted by Crippen LogP contribution is 2.21. The Balaban J connectivity index is 1.85. The molecule has 0 unspecified atom stereocenters. The van der Waals surface area contributed by atoms with Crippen LogP contribution in [0, 0.1) is 0 Å². The molecule has 0 spiro atoms. The van der Waals surface area contributed by atoms with Crippen molar-refractivity contribution in [2.75, 3.05) is 0 Å². The van der Waals surface area contributed by atoms with Gasteiger partial charge in [0.15, 0.2) is 0 Å². The van der Waals surface area contributed by atoms with E-state index in [2.05, 4.69) is 16.7 Å². The van der Waals surface area contributed by atoms with Gasteiger partial charge in [-0.2, -0.15) is 5.10 Å². The molecule has 0 aliphatic heterocycles. The third-order valence-corrected chi connectivity index (χ3v) is 3.13. The van der Waals surface area contributed by atoms with E-state index < -0.39 is 5.97 Å². The van der Waals surface area contributed by atoms with Crippen LogP contribution in [0.3, 0.4) is 0 Å². The van der Waals surface area contributed by atoms with Crippen LogP contribution in [0.1, 0.15) is 16.1 Å². The highest BCUT2D eigenvalue weighted by molar-refractivity contribution is 5.87. The summed E-state index contributed by atoms with van der Waals surface area (Å²) in [6.45, 7) is 3.60. The first-order valence-corrected chi connectivity index (χ1v) is 6.81. The van der Waals surface area contributed by atoms with Crippen LogP contribution in [0.2, 0.25) is 0 Å². The van der Waals surface area contributed by atoms with Crippen molar-refractivity contribution < 1.29 is 14.3 Å². The number of benzene rings is 1. The first-order valence-electron chi connectivity index (χ1n) is 6.81. The maximum atomic E-state index is 10.9. The van der Waals surface area contributed by atoms with Crippen LogP contribution in [0.5, 0.6) is 0 Å². The molecule has 0 saturated carbocycles. The maximum Gasteiger partial charge on any atom is 0.335 e. The number of nitrogens with zero attached hydrogens (tertiary/aromatic N) is 3. The van der Waals surface area contributed by atoms with E-state index in [4.69, 9.17) is 9.52 Å². The van der Waals surface area contributed by atoms with Gasteiger partial charge >= 0.3 is 5.97 Å². The Hall–Kier alpha value is -3.41. The predicted molar refractivity (Wildman–Crippen MR) is 85.3 cm³/mol. The molecule has 0 aliphatic rings. The minimum atomic E-state index is -0.961. The Morgan fingerprint density at radius 1 is 1.26 bits per heavy atom. The summed E-state index contributed by atoms with van der Waals surface area (Å²) in [5.74, 6) is 0.123. The summed E-state index contributed by atoms with van der Waals surface area (Å²) in [6, 6.07) is 6.44. The van der Waals surface area contributed by atoms with Gasteiger partial charge in [0.1, 0.15) is 5.76 Å². The van der Waals surface area contributed by atoms with Gasteiger partial charge in [-0.25, -0.2) is 14.5 Å². The average Bonchev–Trinajstić information content (AvgIpc) is 3.22. The van der Waals surface area contributed by atoms with Crippen LogP contribution >= 0.6 is 0 Å². The average molecular weight is 307 g/mol. The summed E-state index contributed by atoms with van der Waals surface area (Å²) in [7, 11) is 0. The van der Waals surface area contributed by atoms with Crippen LogP contribution in [0.15, 0.2) is 66.0 Å². The summed E-state index contributed by atoms with van der Waals surface area (Å²) >= 11 is 0. The topological polar surface area (TPSA) is 81.2 Å². The molecule has 6 heteroatoms. The highest BCUT2D eigenvalue weighted by atomic mass is 16.4. The Morgan fingerprint density at radius 2 is 2.04 bits per heavy atom. The quantitative estimate of drug-likeness (QED) is 0.730. The first-order chi connectivity index (χ1) is 11.2. The predicted octanol–water partition coefficient (Wildman–Crippen LogP) is 3.42. The molecule has 1 aromatic carbocycles. The summed E-state index contributed by atoms with van der Waals surface area (Å²) in [5, 5.41) is 13.2. The molecule has 23 heavy (non-hydrogen) atoms. The van der Waals surface area contributed by atoms with Gasteiger partial charge in [-0.3, -0.25) is 0 Å². The lowest BCUT2D eigenvalue weighted by Crippen LogP contribution is -1.98. The van der Waals surface area contributed by atoms with E-state index in [1.54, 1.807) is 53.6 Å². The Kier molecular flexibility index (Phi) is 3.88. The van der Waals surface area contributed by atoms with Gasteiger partial charge in [0.2, 0.25) is 5.89 Å². The fraction of sp³-hybridized carbons (Fsp3) is 0. The summed E-state index contributed by atoms with van der Waals surface area (Å²) in [6.07, 6.45) is 10.2. The van der Waals surface area contributed by atoms with Crippen LogP contribution in [-0.4, -0.2) is 25.8 Å². The SMILES string of the molecule is C=C/C=C\c1cnc(-c2cnn(-c3ccc(C(=O)O)cc3)c2)o1. The van der Waals surface area contributed by atoms with Crippen molar-refractivity contribution in [3.63, 3.8) is 0 Å². The van der Waals surface area contributed by atoms with Crippen molar-refractivity contribution in [3.8, 4) is 17.1 Å². The van der Waals surface area contributed by atoms with Crippen LogP contribution < -0.4 is 0 Å². The van der Waals surface area contributed by atoms with Gasteiger partial charge in [0.25, 0.3) is 0 Å². The van der Waals surface area contributed by atoms with Crippen LogP contribution in [0.25, 0.3) is 23.2 Å². The Labute approximate surface area is 132 Å². The molecule has 2 heterocycles. The molecule has 2 aromatic heterocycles. The number of hydrogen-bond acceptors (Lipinski definition) is 4. The lowest BCUT2D eigenvalue weighted by molar-refractivity contribution is 0.0697. The number of aromatic carboxylic acids is 1. The number of aromatic nitrogens is 3. The van der Waals surface area contributed by atoms with E-state index in [1.165, 1.54) is 12.1 Å². The van der Waals surface area contributed by atoms with E-state index in [0.29, 0.717) is 11.7 Å². The smallest absolute Gasteiger partial charge is 0.335 e. The van der Waals surface area contributed by atoms with Crippen molar-refractivity contribution in [1.82, 2.24) is 14.8 Å². The van der Waals surface area contributed by atoms with Crippen molar-refractivity contribution in [2.45, 2.75) is 0 Å². The van der Waals surface area contributed by atoms with Gasteiger partial charge in [-0.1, -0.05) is 18.7 Å².